The summed E-state index contributed by atoms with van der Waals surface area (Å²) < 4.78 is 0. The van der Waals surface area contributed by atoms with Gasteiger partial charge in [-0.1, -0.05) is 53.5 Å². The maximum atomic E-state index is 10.4. The van der Waals surface area contributed by atoms with E-state index in [0.717, 1.165) is 0 Å². The molecule has 1 aromatic rings. The van der Waals surface area contributed by atoms with E-state index < -0.39 is 5.97 Å². The molecule has 0 atom stereocenters. The van der Waals surface area contributed by atoms with E-state index in [0.29, 0.717) is 5.56 Å². The van der Waals surface area contributed by atoms with Gasteiger partial charge in [0.2, 0.25) is 0 Å². The van der Waals surface area contributed by atoms with Crippen LogP contribution in [0.5, 0.6) is 0 Å². The minimum atomic E-state index is -1.23. The van der Waals surface area contributed by atoms with Crippen molar-refractivity contribution >= 4 is 34.2 Å². The highest BCUT2D eigenvalue weighted by Crippen LogP contribution is 2.24. The molecular weight excluding hydrogens is 211 g/mol. The van der Waals surface area contributed by atoms with E-state index >= 15 is 0 Å². The first-order valence-corrected chi connectivity index (χ1v) is 4.22. The molecule has 0 fully saturated rings. The molecule has 4 heteroatoms. The molecule has 0 amide bonds. The maximum Gasteiger partial charge on any atom is 0.348 e. The molecule has 1 N–H and O–H groups in total. The second kappa shape index (κ2) is 4.30. The highest BCUT2D eigenvalue weighted by molar-refractivity contribution is 6.59. The van der Waals surface area contributed by atoms with Crippen LogP contribution in [0.15, 0.2) is 35.4 Å². The third-order valence-corrected chi connectivity index (χ3v) is 2.26. The zero-order chi connectivity index (χ0) is 9.84. The van der Waals surface area contributed by atoms with Gasteiger partial charge in [0, 0.05) is 0 Å². The average Bonchev–Trinajstić information content (AvgIpc) is 2.17. The van der Waals surface area contributed by atoms with Crippen molar-refractivity contribution in [3.05, 3.63) is 40.9 Å². The number of hydrogen-bond donors (Lipinski definition) is 1. The number of benzene rings is 1. The maximum absolute atomic E-state index is 10.4. The van der Waals surface area contributed by atoms with Gasteiger partial charge < -0.3 is 5.11 Å². The Kier molecular flexibility index (Phi) is 3.34. The number of carbonyl (C=O) groups is 1. The fraction of sp³-hybridized carbons (Fsp3) is 0. The van der Waals surface area contributed by atoms with Gasteiger partial charge in [0.25, 0.3) is 0 Å². The first kappa shape index (κ1) is 10.1. The number of carboxylic acid groups (broad SMARTS) is 1. The summed E-state index contributed by atoms with van der Waals surface area (Å²) in [4.78, 5) is 10.4. The van der Waals surface area contributed by atoms with Gasteiger partial charge in [-0.05, 0) is 5.56 Å². The van der Waals surface area contributed by atoms with Crippen LogP contribution in [0.2, 0.25) is 0 Å². The Morgan fingerprint density at radius 1 is 1.15 bits per heavy atom. The molecule has 1 rings (SSSR count). The predicted molar refractivity (Wildman–Crippen MR) is 52.7 cm³/mol. The highest BCUT2D eigenvalue weighted by Gasteiger charge is 2.10. The van der Waals surface area contributed by atoms with Crippen LogP contribution in [0.4, 0.5) is 0 Å². The predicted octanol–water partition coefficient (Wildman–Crippen LogP) is 2.92. The van der Waals surface area contributed by atoms with E-state index in [4.69, 9.17) is 28.3 Å². The lowest BCUT2D eigenvalue weighted by Crippen LogP contribution is -1.95. The van der Waals surface area contributed by atoms with Gasteiger partial charge in [-0.25, -0.2) is 4.79 Å². The minimum absolute atomic E-state index is 0.0507. The number of carboxylic acids is 1. The number of aliphatic carboxylic acids is 1. The molecule has 0 unspecified atom stereocenters. The van der Waals surface area contributed by atoms with Gasteiger partial charge in [-0.2, -0.15) is 0 Å². The van der Waals surface area contributed by atoms with Crippen LogP contribution >= 0.6 is 23.2 Å². The lowest BCUT2D eigenvalue weighted by Gasteiger charge is -1.99. The lowest BCUT2D eigenvalue weighted by atomic mass is 10.2. The summed E-state index contributed by atoms with van der Waals surface area (Å²) >= 11 is 11.2. The molecule has 0 aromatic heterocycles. The van der Waals surface area contributed by atoms with Gasteiger partial charge >= 0.3 is 5.97 Å². The normalized spacial score (nSPS) is 12.2. The monoisotopic (exact) mass is 216 g/mol. The zero-order valence-corrected chi connectivity index (χ0v) is 8.01. The summed E-state index contributed by atoms with van der Waals surface area (Å²) in [6.45, 7) is 0. The summed E-state index contributed by atoms with van der Waals surface area (Å²) in [6.07, 6.45) is 0. The average molecular weight is 217 g/mol. The van der Waals surface area contributed by atoms with Crippen LogP contribution < -0.4 is 0 Å². The minimum Gasteiger partial charge on any atom is -0.477 e. The Morgan fingerprint density at radius 3 is 2.15 bits per heavy atom. The summed E-state index contributed by atoms with van der Waals surface area (Å²) in [5.74, 6) is -1.23. The number of halogens is 2. The summed E-state index contributed by atoms with van der Waals surface area (Å²) in [6, 6.07) is 8.69. The molecule has 0 bridgehead atoms. The molecule has 1 aromatic carbocycles. The molecule has 0 aliphatic carbocycles. The van der Waals surface area contributed by atoms with E-state index in [9.17, 15) is 4.79 Å². The van der Waals surface area contributed by atoms with Crippen molar-refractivity contribution in [2.75, 3.05) is 0 Å². The van der Waals surface area contributed by atoms with Gasteiger partial charge in [0.05, 0.1) is 5.03 Å². The van der Waals surface area contributed by atoms with Crippen molar-refractivity contribution in [1.29, 1.82) is 0 Å². The van der Waals surface area contributed by atoms with Crippen LogP contribution in [0, 0.1) is 0 Å². The van der Waals surface area contributed by atoms with Gasteiger partial charge in [0.1, 0.15) is 5.03 Å². The van der Waals surface area contributed by atoms with Crippen molar-refractivity contribution in [1.82, 2.24) is 0 Å². The van der Waals surface area contributed by atoms with Crippen LogP contribution in [0.1, 0.15) is 5.56 Å². The standard InChI is InChI=1S/C9H6Cl2O2/c10-7(8(11)9(12)13)6-4-2-1-3-5-6/h1-5H,(H,12,13)/b8-7+. The lowest BCUT2D eigenvalue weighted by molar-refractivity contribution is -0.131. The molecule has 68 valence electrons. The van der Waals surface area contributed by atoms with E-state index in [1.807, 2.05) is 6.07 Å². The molecular formula is C9H6Cl2O2. The largest absolute Gasteiger partial charge is 0.477 e. The third kappa shape index (κ3) is 2.47. The summed E-state index contributed by atoms with van der Waals surface area (Å²) in [5.41, 5.74) is 0.594. The Balaban J connectivity index is 3.11. The fourth-order valence-electron chi connectivity index (χ4n) is 0.805. The van der Waals surface area contributed by atoms with Crippen LogP contribution in [0.3, 0.4) is 0 Å². The molecule has 0 radical (unpaired) electrons. The molecule has 0 aliphatic rings. The molecule has 0 aliphatic heterocycles. The summed E-state index contributed by atoms with van der Waals surface area (Å²) in [7, 11) is 0. The van der Waals surface area contributed by atoms with Crippen LogP contribution in [-0.4, -0.2) is 11.1 Å². The third-order valence-electron chi connectivity index (χ3n) is 1.41. The van der Waals surface area contributed by atoms with Crippen LogP contribution in [0.25, 0.3) is 5.03 Å². The van der Waals surface area contributed by atoms with Crippen molar-refractivity contribution in [3.8, 4) is 0 Å². The molecule has 0 spiro atoms. The van der Waals surface area contributed by atoms with Crippen LogP contribution in [-0.2, 0) is 4.79 Å². The number of rotatable bonds is 2. The Labute approximate surface area is 85.4 Å². The quantitative estimate of drug-likeness (QED) is 0.773. The van der Waals surface area contributed by atoms with Gasteiger partial charge in [-0.15, -0.1) is 0 Å². The van der Waals surface area contributed by atoms with Crippen molar-refractivity contribution in [2.24, 2.45) is 0 Å². The molecule has 13 heavy (non-hydrogen) atoms. The Morgan fingerprint density at radius 2 is 1.69 bits per heavy atom. The Hall–Kier alpha value is -0.990. The molecule has 0 heterocycles. The van der Waals surface area contributed by atoms with E-state index in [-0.39, 0.29) is 10.1 Å². The second-order valence-electron chi connectivity index (χ2n) is 2.30. The smallest absolute Gasteiger partial charge is 0.348 e. The molecule has 0 saturated heterocycles. The molecule has 0 saturated carbocycles. The number of hydrogen-bond acceptors (Lipinski definition) is 1. The van der Waals surface area contributed by atoms with Crippen molar-refractivity contribution in [2.45, 2.75) is 0 Å². The van der Waals surface area contributed by atoms with Crippen molar-refractivity contribution < 1.29 is 9.90 Å². The highest BCUT2D eigenvalue weighted by atomic mass is 35.5. The van der Waals surface area contributed by atoms with Gasteiger partial charge in [0.15, 0.2) is 0 Å². The summed E-state index contributed by atoms with van der Waals surface area (Å²) in [5, 5.41) is 8.22. The van der Waals surface area contributed by atoms with E-state index in [2.05, 4.69) is 0 Å². The first-order valence-electron chi connectivity index (χ1n) is 3.47. The first-order chi connectivity index (χ1) is 6.13. The van der Waals surface area contributed by atoms with E-state index in [1.54, 1.807) is 24.3 Å². The SMILES string of the molecule is O=C(O)/C(Cl)=C(\Cl)c1ccccc1. The van der Waals surface area contributed by atoms with E-state index in [1.165, 1.54) is 0 Å². The fourth-order valence-corrected chi connectivity index (χ4v) is 1.12. The molecule has 2 nitrogen and oxygen atoms in total. The Bertz CT molecular complexity index is 344. The van der Waals surface area contributed by atoms with Crippen molar-refractivity contribution in [3.63, 3.8) is 0 Å². The topological polar surface area (TPSA) is 37.3 Å². The van der Waals surface area contributed by atoms with Gasteiger partial charge in [-0.3, -0.25) is 0 Å². The zero-order valence-electron chi connectivity index (χ0n) is 6.50. The second-order valence-corrected chi connectivity index (χ2v) is 3.06.